The second kappa shape index (κ2) is 10.5. The first-order valence-corrected chi connectivity index (χ1v) is 13.8. The molecule has 3 aromatic heterocycles. The summed E-state index contributed by atoms with van der Waals surface area (Å²) >= 11 is 6.44. The number of rotatable bonds is 8. The lowest BCUT2D eigenvalue weighted by atomic mass is 10.1. The van der Waals surface area contributed by atoms with Gasteiger partial charge in [-0.2, -0.15) is 5.10 Å². The summed E-state index contributed by atoms with van der Waals surface area (Å²) in [5.41, 5.74) is 6.61. The molecule has 11 heteroatoms. The highest BCUT2D eigenvalue weighted by Gasteiger charge is 2.25. The summed E-state index contributed by atoms with van der Waals surface area (Å²) in [4.78, 5) is 20.0. The zero-order valence-electron chi connectivity index (χ0n) is 22.1. The van der Waals surface area contributed by atoms with E-state index in [-0.39, 0.29) is 0 Å². The average Bonchev–Trinajstić information content (AvgIpc) is 3.59. The monoisotopic (exact) mass is 556 g/mol. The molecule has 0 amide bonds. The van der Waals surface area contributed by atoms with Gasteiger partial charge in [-0.25, -0.2) is 15.0 Å². The summed E-state index contributed by atoms with van der Waals surface area (Å²) < 4.78 is 11.0. The van der Waals surface area contributed by atoms with Crippen LogP contribution >= 0.6 is 11.6 Å². The van der Waals surface area contributed by atoms with Crippen LogP contribution in [0, 0.1) is 0 Å². The largest absolute Gasteiger partial charge is 0.491 e. The van der Waals surface area contributed by atoms with Crippen molar-refractivity contribution in [2.75, 3.05) is 38.7 Å². The minimum atomic E-state index is 0.512. The van der Waals surface area contributed by atoms with Crippen molar-refractivity contribution in [2.24, 2.45) is 0 Å². The lowest BCUT2D eigenvalue weighted by molar-refractivity contribution is 0.0342. The van der Waals surface area contributed by atoms with Crippen molar-refractivity contribution in [1.29, 1.82) is 0 Å². The minimum absolute atomic E-state index is 0.512. The first-order chi connectivity index (χ1) is 19.6. The van der Waals surface area contributed by atoms with Gasteiger partial charge in [-0.3, -0.25) is 10.00 Å². The minimum Gasteiger partial charge on any atom is -0.491 e. The number of methoxy groups -OCH3 is 1. The van der Waals surface area contributed by atoms with Gasteiger partial charge in [-0.1, -0.05) is 17.7 Å². The maximum absolute atomic E-state index is 6.44. The Hall–Kier alpha value is -3.99. The van der Waals surface area contributed by atoms with Crippen LogP contribution < -0.4 is 10.1 Å². The molecule has 3 N–H and O–H groups in total. The van der Waals surface area contributed by atoms with E-state index in [9.17, 15) is 0 Å². The van der Waals surface area contributed by atoms with Gasteiger partial charge in [0, 0.05) is 30.2 Å². The molecule has 7 rings (SSSR count). The van der Waals surface area contributed by atoms with E-state index in [0.29, 0.717) is 45.5 Å². The molecule has 40 heavy (non-hydrogen) atoms. The molecule has 2 aliphatic rings. The number of anilines is 2. The highest BCUT2D eigenvalue weighted by atomic mass is 35.5. The summed E-state index contributed by atoms with van der Waals surface area (Å²) in [7, 11) is 1.60. The van der Waals surface area contributed by atoms with E-state index in [4.69, 9.17) is 31.0 Å². The van der Waals surface area contributed by atoms with Crippen molar-refractivity contribution in [1.82, 2.24) is 35.0 Å². The highest BCUT2D eigenvalue weighted by molar-refractivity contribution is 6.31. The Labute approximate surface area is 236 Å². The fraction of sp³-hybridized carbons (Fsp3) is 0.310. The Morgan fingerprint density at radius 2 is 1.98 bits per heavy atom. The van der Waals surface area contributed by atoms with Gasteiger partial charge in [0.15, 0.2) is 23.2 Å². The predicted octanol–water partition coefficient (Wildman–Crippen LogP) is 5.53. The molecule has 0 spiro atoms. The number of fused-ring (bicyclic) bond motifs is 1. The second-order valence-electron chi connectivity index (χ2n) is 10.3. The van der Waals surface area contributed by atoms with E-state index in [2.05, 4.69) is 54.6 Å². The fourth-order valence-corrected chi connectivity index (χ4v) is 5.37. The van der Waals surface area contributed by atoms with Crippen LogP contribution in [0.5, 0.6) is 5.75 Å². The van der Waals surface area contributed by atoms with Gasteiger partial charge in [-0.15, -0.1) is 0 Å². The molecule has 0 atom stereocenters. The number of benzene rings is 2. The van der Waals surface area contributed by atoms with Crippen LogP contribution in [0.25, 0.3) is 33.9 Å². The molecule has 4 heterocycles. The lowest BCUT2D eigenvalue weighted by Gasteiger charge is -2.26. The summed E-state index contributed by atoms with van der Waals surface area (Å²) in [6, 6.07) is 12.4. The van der Waals surface area contributed by atoms with Crippen molar-refractivity contribution < 1.29 is 9.47 Å². The Morgan fingerprint density at radius 3 is 2.80 bits per heavy atom. The smallest absolute Gasteiger partial charge is 0.179 e. The first-order valence-electron chi connectivity index (χ1n) is 13.4. The quantitative estimate of drug-likeness (QED) is 0.228. The summed E-state index contributed by atoms with van der Waals surface area (Å²) in [6.07, 6.45) is 5.75. The molecule has 0 bridgehead atoms. The number of imidazole rings is 1. The maximum atomic E-state index is 6.44. The zero-order valence-corrected chi connectivity index (χ0v) is 22.8. The number of ether oxygens (including phenoxy) is 2. The summed E-state index contributed by atoms with van der Waals surface area (Å²) in [5, 5.41) is 11.4. The molecule has 1 saturated carbocycles. The van der Waals surface area contributed by atoms with Crippen molar-refractivity contribution >= 4 is 34.1 Å². The second-order valence-corrected chi connectivity index (χ2v) is 10.7. The fourth-order valence-electron chi connectivity index (χ4n) is 5.12. The number of aromatic nitrogens is 6. The predicted molar refractivity (Wildman–Crippen MR) is 154 cm³/mol. The van der Waals surface area contributed by atoms with Gasteiger partial charge < -0.3 is 19.8 Å². The van der Waals surface area contributed by atoms with Crippen LogP contribution in [0.1, 0.15) is 29.9 Å². The molecule has 204 valence electrons. The van der Waals surface area contributed by atoms with Crippen LogP contribution in [-0.2, 0) is 11.3 Å². The number of H-pyrrole nitrogens is 2. The number of nitrogens with one attached hydrogen (secondary N) is 3. The molecule has 1 aliphatic heterocycles. The SMILES string of the molecule is COc1cnc(-c2cc(Cl)cc(C3CC3)c2)nc1Nc1cn[nH]c1-c1nc2ccc(CN3CCOCC3)cc2[nH]1. The third kappa shape index (κ3) is 5.13. The molecule has 5 aromatic rings. The molecule has 2 fully saturated rings. The van der Waals surface area contributed by atoms with Crippen LogP contribution in [0.2, 0.25) is 5.02 Å². The van der Waals surface area contributed by atoms with Gasteiger partial charge in [0.2, 0.25) is 0 Å². The highest BCUT2D eigenvalue weighted by Crippen LogP contribution is 2.42. The van der Waals surface area contributed by atoms with Crippen molar-refractivity contribution in [3.8, 4) is 28.7 Å². The molecule has 0 radical (unpaired) electrons. The van der Waals surface area contributed by atoms with Gasteiger partial charge in [-0.05, 0) is 60.2 Å². The molecule has 2 aromatic carbocycles. The lowest BCUT2D eigenvalue weighted by Crippen LogP contribution is -2.35. The number of nitrogens with zero attached hydrogens (tertiary/aromatic N) is 5. The maximum Gasteiger partial charge on any atom is 0.179 e. The van der Waals surface area contributed by atoms with E-state index in [1.54, 1.807) is 19.5 Å². The Kier molecular flexibility index (Phi) is 6.58. The summed E-state index contributed by atoms with van der Waals surface area (Å²) in [6.45, 7) is 4.34. The molecule has 10 nitrogen and oxygen atoms in total. The average molecular weight is 557 g/mol. The number of morpholine rings is 1. The van der Waals surface area contributed by atoms with E-state index >= 15 is 0 Å². The van der Waals surface area contributed by atoms with Gasteiger partial charge in [0.05, 0.1) is 49.4 Å². The molecule has 1 aliphatic carbocycles. The zero-order chi connectivity index (χ0) is 27.1. The van der Waals surface area contributed by atoms with Gasteiger partial charge in [0.1, 0.15) is 5.69 Å². The Bertz CT molecular complexity index is 1670. The Balaban J connectivity index is 1.17. The third-order valence-corrected chi connectivity index (χ3v) is 7.61. The molecule has 0 unspecified atom stereocenters. The number of aromatic amines is 2. The molecular formula is C29H29ClN8O2. The van der Waals surface area contributed by atoms with Crippen molar-refractivity contribution in [3.63, 3.8) is 0 Å². The van der Waals surface area contributed by atoms with Gasteiger partial charge >= 0.3 is 0 Å². The number of hydrogen-bond acceptors (Lipinski definition) is 8. The van der Waals surface area contributed by atoms with Crippen LogP contribution in [-0.4, -0.2) is 68.4 Å². The van der Waals surface area contributed by atoms with E-state index in [0.717, 1.165) is 49.4 Å². The Morgan fingerprint density at radius 1 is 1.10 bits per heavy atom. The first kappa shape index (κ1) is 25.0. The van der Waals surface area contributed by atoms with E-state index in [1.807, 2.05) is 12.1 Å². The standard InChI is InChI=1S/C29H29ClN8O2/c1-39-25-15-31-27(20-11-19(18-3-4-18)12-21(30)13-20)36-28(25)35-24-14-32-37-26(24)29-33-22-5-2-17(10-23(22)34-29)16-38-6-8-40-9-7-38/h2,5,10-15,18H,3-4,6-9,16H2,1H3,(H,32,37)(H,33,34)(H,31,35,36). The third-order valence-electron chi connectivity index (χ3n) is 7.39. The van der Waals surface area contributed by atoms with Crippen LogP contribution in [0.15, 0.2) is 48.8 Å². The van der Waals surface area contributed by atoms with Crippen LogP contribution in [0.3, 0.4) is 0 Å². The van der Waals surface area contributed by atoms with Crippen molar-refractivity contribution in [2.45, 2.75) is 25.3 Å². The molecular weight excluding hydrogens is 528 g/mol. The van der Waals surface area contributed by atoms with E-state index < -0.39 is 0 Å². The normalized spacial score (nSPS) is 15.9. The topological polar surface area (TPSA) is 117 Å². The molecule has 1 saturated heterocycles. The van der Waals surface area contributed by atoms with Crippen molar-refractivity contribution in [3.05, 3.63) is 64.9 Å². The number of hydrogen-bond donors (Lipinski definition) is 3. The van der Waals surface area contributed by atoms with Crippen LogP contribution in [0.4, 0.5) is 11.5 Å². The number of halogens is 1. The van der Waals surface area contributed by atoms with Gasteiger partial charge in [0.25, 0.3) is 0 Å². The summed E-state index contributed by atoms with van der Waals surface area (Å²) in [5.74, 6) is 2.84. The van der Waals surface area contributed by atoms with E-state index in [1.165, 1.54) is 24.0 Å².